The summed E-state index contributed by atoms with van der Waals surface area (Å²) in [6.07, 6.45) is -4.28. The van der Waals surface area contributed by atoms with Gasteiger partial charge in [-0.3, -0.25) is 0 Å². The van der Waals surface area contributed by atoms with E-state index >= 15 is 0 Å². The molecule has 0 amide bonds. The maximum absolute atomic E-state index is 11.7. The molecule has 6 heteroatoms. The van der Waals surface area contributed by atoms with Gasteiger partial charge in [0, 0.05) is 19.6 Å². The molecule has 0 aliphatic carbocycles. The highest BCUT2D eigenvalue weighted by molar-refractivity contribution is 4.70. The van der Waals surface area contributed by atoms with E-state index in [2.05, 4.69) is 10.6 Å². The van der Waals surface area contributed by atoms with Gasteiger partial charge < -0.3 is 15.4 Å². The molecule has 0 radical (unpaired) electrons. The highest BCUT2D eigenvalue weighted by atomic mass is 19.4. The van der Waals surface area contributed by atoms with E-state index in [0.29, 0.717) is 13.2 Å². The molecule has 78 valence electrons. The highest BCUT2D eigenvalue weighted by Gasteiger charge is 2.26. The van der Waals surface area contributed by atoms with Crippen LogP contribution in [-0.4, -0.2) is 45.1 Å². The Morgan fingerprint density at radius 2 is 2.23 bits per heavy atom. The number of morpholine rings is 1. The first kappa shape index (κ1) is 10.7. The van der Waals surface area contributed by atoms with Gasteiger partial charge in [-0.1, -0.05) is 0 Å². The zero-order chi connectivity index (χ0) is 9.73. The molecule has 0 saturated carbocycles. The van der Waals surface area contributed by atoms with E-state index in [0.717, 1.165) is 6.54 Å². The number of hydrogen-bond acceptors (Lipinski definition) is 3. The van der Waals surface area contributed by atoms with E-state index < -0.39 is 12.7 Å². The van der Waals surface area contributed by atoms with Crippen molar-refractivity contribution in [3.8, 4) is 0 Å². The van der Waals surface area contributed by atoms with Crippen LogP contribution in [0.2, 0.25) is 0 Å². The van der Waals surface area contributed by atoms with Gasteiger partial charge in [-0.05, 0) is 0 Å². The van der Waals surface area contributed by atoms with Gasteiger partial charge >= 0.3 is 6.18 Å². The van der Waals surface area contributed by atoms with Crippen LogP contribution in [0.15, 0.2) is 0 Å². The first-order valence-electron chi connectivity index (χ1n) is 4.18. The SMILES string of the molecule is FC(F)(F)CNCC1CNCCO1. The minimum atomic E-state index is -4.14. The lowest BCUT2D eigenvalue weighted by Crippen LogP contribution is -2.45. The van der Waals surface area contributed by atoms with Gasteiger partial charge in [0.05, 0.1) is 19.3 Å². The zero-order valence-electron chi connectivity index (χ0n) is 7.16. The van der Waals surface area contributed by atoms with Crippen molar-refractivity contribution in [2.45, 2.75) is 12.3 Å². The Morgan fingerprint density at radius 1 is 1.46 bits per heavy atom. The number of alkyl halides is 3. The standard InChI is InChI=1S/C7H13F3N2O/c8-7(9,10)5-12-4-6-3-11-1-2-13-6/h6,11-12H,1-5H2. The van der Waals surface area contributed by atoms with Gasteiger partial charge in [-0.25, -0.2) is 0 Å². The van der Waals surface area contributed by atoms with Crippen LogP contribution >= 0.6 is 0 Å². The third-order valence-electron chi connectivity index (χ3n) is 1.70. The van der Waals surface area contributed by atoms with Crippen molar-refractivity contribution in [3.63, 3.8) is 0 Å². The second kappa shape index (κ2) is 4.78. The van der Waals surface area contributed by atoms with Crippen molar-refractivity contribution < 1.29 is 17.9 Å². The third-order valence-corrected chi connectivity index (χ3v) is 1.70. The molecule has 1 rings (SSSR count). The second-order valence-corrected chi connectivity index (χ2v) is 2.94. The van der Waals surface area contributed by atoms with Crippen molar-refractivity contribution in [3.05, 3.63) is 0 Å². The molecule has 2 N–H and O–H groups in total. The van der Waals surface area contributed by atoms with E-state index in [-0.39, 0.29) is 12.6 Å². The average molecular weight is 198 g/mol. The molecule has 0 spiro atoms. The average Bonchev–Trinajstić information content (AvgIpc) is 2.04. The Kier molecular flexibility index (Phi) is 3.95. The third kappa shape index (κ3) is 5.07. The summed E-state index contributed by atoms with van der Waals surface area (Å²) < 4.78 is 40.3. The Morgan fingerprint density at radius 3 is 2.77 bits per heavy atom. The molecule has 13 heavy (non-hydrogen) atoms. The fraction of sp³-hybridized carbons (Fsp3) is 1.00. The second-order valence-electron chi connectivity index (χ2n) is 2.94. The summed E-state index contributed by atoms with van der Waals surface area (Å²) in [7, 11) is 0. The van der Waals surface area contributed by atoms with Crippen molar-refractivity contribution in [1.82, 2.24) is 10.6 Å². The molecule has 0 aromatic carbocycles. The summed E-state index contributed by atoms with van der Waals surface area (Å²) in [5.74, 6) is 0. The molecule has 1 fully saturated rings. The molecular formula is C7H13F3N2O. The summed E-state index contributed by atoms with van der Waals surface area (Å²) in [4.78, 5) is 0. The van der Waals surface area contributed by atoms with E-state index in [9.17, 15) is 13.2 Å². The molecule has 0 aromatic rings. The van der Waals surface area contributed by atoms with Crippen molar-refractivity contribution in [2.75, 3.05) is 32.8 Å². The molecule has 1 aliphatic heterocycles. The van der Waals surface area contributed by atoms with E-state index in [1.54, 1.807) is 0 Å². The molecule has 1 unspecified atom stereocenters. The minimum Gasteiger partial charge on any atom is -0.374 e. The van der Waals surface area contributed by atoms with Gasteiger partial charge in [-0.2, -0.15) is 13.2 Å². The summed E-state index contributed by atoms with van der Waals surface area (Å²) >= 11 is 0. The molecule has 0 bridgehead atoms. The molecule has 1 saturated heterocycles. The van der Waals surface area contributed by atoms with E-state index in [4.69, 9.17) is 4.74 Å². The van der Waals surface area contributed by atoms with Crippen LogP contribution < -0.4 is 10.6 Å². The highest BCUT2D eigenvalue weighted by Crippen LogP contribution is 2.12. The maximum Gasteiger partial charge on any atom is 0.401 e. The molecule has 1 atom stereocenters. The first-order chi connectivity index (χ1) is 6.08. The van der Waals surface area contributed by atoms with E-state index in [1.165, 1.54) is 0 Å². The number of hydrogen-bond donors (Lipinski definition) is 2. The van der Waals surface area contributed by atoms with Gasteiger partial charge in [0.1, 0.15) is 0 Å². The van der Waals surface area contributed by atoms with Gasteiger partial charge in [0.25, 0.3) is 0 Å². The predicted molar refractivity (Wildman–Crippen MR) is 41.5 cm³/mol. The van der Waals surface area contributed by atoms with Gasteiger partial charge in [0.15, 0.2) is 0 Å². The predicted octanol–water partition coefficient (Wildman–Crippen LogP) is 0.127. The monoisotopic (exact) mass is 198 g/mol. The van der Waals surface area contributed by atoms with Crippen molar-refractivity contribution in [1.29, 1.82) is 0 Å². The minimum absolute atomic E-state index is 0.143. The summed E-state index contributed by atoms with van der Waals surface area (Å²) in [6.45, 7) is 1.25. The Bertz CT molecular complexity index is 145. The summed E-state index contributed by atoms with van der Waals surface area (Å²) in [5.41, 5.74) is 0. The largest absolute Gasteiger partial charge is 0.401 e. The molecule has 1 aliphatic rings. The lowest BCUT2D eigenvalue weighted by atomic mass is 10.3. The maximum atomic E-state index is 11.7. The number of halogens is 3. The number of ether oxygens (including phenoxy) is 1. The van der Waals surface area contributed by atoms with Crippen LogP contribution in [0, 0.1) is 0 Å². The number of rotatable bonds is 3. The first-order valence-corrected chi connectivity index (χ1v) is 4.18. The quantitative estimate of drug-likeness (QED) is 0.676. The fourth-order valence-electron chi connectivity index (χ4n) is 1.13. The van der Waals surface area contributed by atoms with Crippen LogP contribution in [0.1, 0.15) is 0 Å². The van der Waals surface area contributed by atoms with Crippen LogP contribution in [0.3, 0.4) is 0 Å². The molecule has 0 aromatic heterocycles. The molecular weight excluding hydrogens is 185 g/mol. The van der Waals surface area contributed by atoms with Crippen LogP contribution in [-0.2, 0) is 4.74 Å². The van der Waals surface area contributed by atoms with Gasteiger partial charge in [-0.15, -0.1) is 0 Å². The van der Waals surface area contributed by atoms with Crippen LogP contribution in [0.5, 0.6) is 0 Å². The Balaban J connectivity index is 2.04. The number of nitrogens with one attached hydrogen (secondary N) is 2. The van der Waals surface area contributed by atoms with Crippen molar-refractivity contribution >= 4 is 0 Å². The summed E-state index contributed by atoms with van der Waals surface area (Å²) in [5, 5.41) is 5.34. The normalized spacial score (nSPS) is 24.7. The Labute approximate surface area is 74.6 Å². The molecule has 1 heterocycles. The Hall–Kier alpha value is -0.330. The summed E-state index contributed by atoms with van der Waals surface area (Å²) in [6, 6.07) is 0. The fourth-order valence-corrected chi connectivity index (χ4v) is 1.13. The lowest BCUT2D eigenvalue weighted by Gasteiger charge is -2.24. The topological polar surface area (TPSA) is 33.3 Å². The van der Waals surface area contributed by atoms with Crippen LogP contribution in [0.4, 0.5) is 13.2 Å². The zero-order valence-corrected chi connectivity index (χ0v) is 7.16. The van der Waals surface area contributed by atoms with Crippen LogP contribution in [0.25, 0.3) is 0 Å². The smallest absolute Gasteiger partial charge is 0.374 e. The van der Waals surface area contributed by atoms with Gasteiger partial charge in [0.2, 0.25) is 0 Å². The van der Waals surface area contributed by atoms with Crippen molar-refractivity contribution in [2.24, 2.45) is 0 Å². The van der Waals surface area contributed by atoms with E-state index in [1.807, 2.05) is 0 Å². The lowest BCUT2D eigenvalue weighted by molar-refractivity contribution is -0.126. The molecule has 3 nitrogen and oxygen atoms in total.